The van der Waals surface area contributed by atoms with Crippen LogP contribution in [0, 0.1) is 0 Å². The zero-order valence-corrected chi connectivity index (χ0v) is 7.32. The maximum absolute atomic E-state index is 8.53. The van der Waals surface area contributed by atoms with E-state index in [9.17, 15) is 0 Å². The number of hydrogen-bond donors (Lipinski definition) is 2. The molecular weight excluding hydrogens is 182 g/mol. The van der Waals surface area contributed by atoms with Crippen LogP contribution in [-0.4, -0.2) is 17.8 Å². The molecule has 2 N–H and O–H groups in total. The molecule has 0 spiro atoms. The van der Waals surface area contributed by atoms with Crippen molar-refractivity contribution >= 4 is 16.1 Å². The normalized spacial score (nSPS) is 13.7. The molecule has 0 rings (SSSR count). The van der Waals surface area contributed by atoms with Gasteiger partial charge in [0.2, 0.25) is 0 Å². The zero-order chi connectivity index (χ0) is 7.11. The van der Waals surface area contributed by atoms with Crippen LogP contribution < -0.4 is 4.34 Å². The molecule has 0 radical (unpaired) electrons. The van der Waals surface area contributed by atoms with Gasteiger partial charge in [-0.1, -0.05) is 13.3 Å². The van der Waals surface area contributed by atoms with Crippen LogP contribution in [0.15, 0.2) is 0 Å². The fourth-order valence-corrected chi connectivity index (χ4v) is 1.22. The van der Waals surface area contributed by atoms with Gasteiger partial charge in [0.1, 0.15) is 0 Å². The van der Waals surface area contributed by atoms with E-state index in [0.29, 0.717) is 6.04 Å². The Morgan fingerprint density at radius 2 is 2.22 bits per heavy atom. The molecule has 0 aliphatic carbocycles. The summed E-state index contributed by atoms with van der Waals surface area (Å²) < 4.78 is 2.96. The van der Waals surface area contributed by atoms with Crippen molar-refractivity contribution in [1.29, 1.82) is 0 Å². The molecule has 3 heteroatoms. The highest BCUT2D eigenvalue weighted by atomic mass is 79.9. The van der Waals surface area contributed by atoms with Gasteiger partial charge in [0, 0.05) is 28.8 Å². The molecule has 2 nitrogen and oxygen atoms in total. The SMILES string of the molecule is CCC[C@@H](CCO)NBr. The smallest absolute Gasteiger partial charge is 0.0446 e. The number of nitrogens with one attached hydrogen (secondary N) is 1. The molecule has 0 fully saturated rings. The van der Waals surface area contributed by atoms with Crippen LogP contribution in [0.2, 0.25) is 0 Å². The maximum Gasteiger partial charge on any atom is 0.0446 e. The summed E-state index contributed by atoms with van der Waals surface area (Å²) in [6.07, 6.45) is 3.11. The Kier molecular flexibility index (Phi) is 6.81. The van der Waals surface area contributed by atoms with Gasteiger partial charge >= 0.3 is 0 Å². The average molecular weight is 196 g/mol. The van der Waals surface area contributed by atoms with Gasteiger partial charge in [0.15, 0.2) is 0 Å². The summed E-state index contributed by atoms with van der Waals surface area (Å²) in [6, 6.07) is 0.431. The third-order valence-corrected chi connectivity index (χ3v) is 1.92. The molecular formula is C6H14BrNO. The molecule has 9 heavy (non-hydrogen) atoms. The molecule has 0 saturated carbocycles. The highest BCUT2D eigenvalue weighted by Crippen LogP contribution is 2.01. The lowest BCUT2D eigenvalue weighted by Crippen LogP contribution is -2.20. The zero-order valence-electron chi connectivity index (χ0n) is 5.73. The Morgan fingerprint density at radius 1 is 1.56 bits per heavy atom. The van der Waals surface area contributed by atoms with Crippen molar-refractivity contribution in [3.8, 4) is 0 Å². The number of aliphatic hydroxyl groups is 1. The van der Waals surface area contributed by atoms with E-state index in [0.717, 1.165) is 19.3 Å². The standard InChI is InChI=1S/C6H14BrNO/c1-2-3-6(8-7)4-5-9/h6,8-9H,2-5H2,1H3/t6-/m0/s1. The molecule has 56 valence electrons. The Morgan fingerprint density at radius 3 is 2.56 bits per heavy atom. The summed E-state index contributed by atoms with van der Waals surface area (Å²) in [5.74, 6) is 0. The number of hydrogen-bond acceptors (Lipinski definition) is 2. The summed E-state index contributed by atoms with van der Waals surface area (Å²) in [5.41, 5.74) is 0. The molecule has 0 saturated heterocycles. The van der Waals surface area contributed by atoms with Gasteiger partial charge in [-0.3, -0.25) is 4.34 Å². The van der Waals surface area contributed by atoms with Crippen LogP contribution in [0.4, 0.5) is 0 Å². The predicted molar refractivity (Wildman–Crippen MR) is 42.5 cm³/mol. The first-order valence-electron chi connectivity index (χ1n) is 3.32. The van der Waals surface area contributed by atoms with Gasteiger partial charge in [-0.2, -0.15) is 0 Å². The highest BCUT2D eigenvalue weighted by Gasteiger charge is 2.02. The molecule has 0 aliphatic heterocycles. The van der Waals surface area contributed by atoms with Gasteiger partial charge in [-0.25, -0.2) is 0 Å². The van der Waals surface area contributed by atoms with Crippen molar-refractivity contribution in [2.24, 2.45) is 0 Å². The Hall–Kier alpha value is 0.400. The van der Waals surface area contributed by atoms with E-state index in [1.54, 1.807) is 0 Å². The van der Waals surface area contributed by atoms with Crippen molar-refractivity contribution < 1.29 is 5.11 Å². The van der Waals surface area contributed by atoms with Crippen LogP contribution in [0.25, 0.3) is 0 Å². The van der Waals surface area contributed by atoms with Crippen LogP contribution >= 0.6 is 16.1 Å². The van der Waals surface area contributed by atoms with Crippen LogP contribution in [0.3, 0.4) is 0 Å². The van der Waals surface area contributed by atoms with Gasteiger partial charge in [0.05, 0.1) is 0 Å². The first kappa shape index (κ1) is 9.40. The predicted octanol–water partition coefficient (Wildman–Crippen LogP) is 1.44. The number of rotatable bonds is 5. The summed E-state index contributed by atoms with van der Waals surface area (Å²) >= 11 is 3.16. The third-order valence-electron chi connectivity index (χ3n) is 1.27. The van der Waals surface area contributed by atoms with E-state index < -0.39 is 0 Å². The van der Waals surface area contributed by atoms with Gasteiger partial charge in [-0.05, 0) is 12.8 Å². The second-order valence-corrected chi connectivity index (χ2v) is 2.56. The minimum atomic E-state index is 0.267. The lowest BCUT2D eigenvalue weighted by molar-refractivity contribution is 0.270. The van der Waals surface area contributed by atoms with Crippen LogP contribution in [-0.2, 0) is 0 Å². The van der Waals surface area contributed by atoms with E-state index in [4.69, 9.17) is 5.11 Å². The highest BCUT2D eigenvalue weighted by molar-refractivity contribution is 9.08. The number of aliphatic hydroxyl groups excluding tert-OH is 1. The third kappa shape index (κ3) is 4.88. The first-order chi connectivity index (χ1) is 4.35. The number of halogens is 1. The van der Waals surface area contributed by atoms with Crippen molar-refractivity contribution in [1.82, 2.24) is 4.34 Å². The second-order valence-electron chi connectivity index (χ2n) is 2.11. The maximum atomic E-state index is 8.53. The molecule has 0 heterocycles. The Labute approximate surface area is 65.0 Å². The van der Waals surface area contributed by atoms with Crippen LogP contribution in [0.5, 0.6) is 0 Å². The minimum Gasteiger partial charge on any atom is -0.396 e. The molecule has 0 unspecified atom stereocenters. The first-order valence-corrected chi connectivity index (χ1v) is 4.11. The minimum absolute atomic E-state index is 0.267. The largest absolute Gasteiger partial charge is 0.396 e. The van der Waals surface area contributed by atoms with Gasteiger partial charge < -0.3 is 5.11 Å². The topological polar surface area (TPSA) is 32.3 Å². The summed E-state index contributed by atoms with van der Waals surface area (Å²) in [5, 5.41) is 8.53. The lowest BCUT2D eigenvalue weighted by atomic mass is 10.1. The average Bonchev–Trinajstić information content (AvgIpc) is 1.88. The fraction of sp³-hybridized carbons (Fsp3) is 1.00. The molecule has 1 atom stereocenters. The molecule has 0 aromatic carbocycles. The van der Waals surface area contributed by atoms with Gasteiger partial charge in [0.25, 0.3) is 0 Å². The van der Waals surface area contributed by atoms with Gasteiger partial charge in [-0.15, -0.1) is 0 Å². The van der Waals surface area contributed by atoms with Crippen molar-refractivity contribution in [3.05, 3.63) is 0 Å². The van der Waals surface area contributed by atoms with Crippen molar-refractivity contribution in [2.45, 2.75) is 32.2 Å². The lowest BCUT2D eigenvalue weighted by Gasteiger charge is -2.10. The second kappa shape index (κ2) is 6.52. The molecule has 0 bridgehead atoms. The van der Waals surface area contributed by atoms with E-state index >= 15 is 0 Å². The Bertz CT molecular complexity index is 55.0. The quantitative estimate of drug-likeness (QED) is 0.652. The van der Waals surface area contributed by atoms with E-state index in [-0.39, 0.29) is 6.61 Å². The molecule has 0 aliphatic rings. The van der Waals surface area contributed by atoms with E-state index in [1.165, 1.54) is 0 Å². The van der Waals surface area contributed by atoms with Crippen molar-refractivity contribution in [3.63, 3.8) is 0 Å². The molecule has 0 aromatic heterocycles. The molecule has 0 amide bonds. The van der Waals surface area contributed by atoms with Crippen molar-refractivity contribution in [2.75, 3.05) is 6.61 Å². The summed E-state index contributed by atoms with van der Waals surface area (Å²) in [6.45, 7) is 2.40. The monoisotopic (exact) mass is 195 g/mol. The van der Waals surface area contributed by atoms with Crippen LogP contribution in [0.1, 0.15) is 26.2 Å². The molecule has 0 aromatic rings. The van der Waals surface area contributed by atoms with E-state index in [1.807, 2.05) is 0 Å². The fourth-order valence-electron chi connectivity index (χ4n) is 0.758. The van der Waals surface area contributed by atoms with E-state index in [2.05, 4.69) is 27.4 Å². The summed E-state index contributed by atoms with van der Waals surface area (Å²) in [7, 11) is 0. The summed E-state index contributed by atoms with van der Waals surface area (Å²) in [4.78, 5) is 0. The Balaban J connectivity index is 3.18.